The Labute approximate surface area is 139 Å². The molecule has 0 aromatic heterocycles. The molecular formula is C18H30N2O3. The van der Waals surface area contributed by atoms with E-state index in [2.05, 4.69) is 12.2 Å². The molecule has 0 heterocycles. The first kappa shape index (κ1) is 19.5. The predicted octanol–water partition coefficient (Wildman–Crippen LogP) is 2.91. The molecule has 0 aliphatic rings. The molecule has 1 aromatic rings. The van der Waals surface area contributed by atoms with Gasteiger partial charge in [0, 0.05) is 12.6 Å². The van der Waals surface area contributed by atoms with Crippen molar-refractivity contribution in [3.8, 4) is 0 Å². The van der Waals surface area contributed by atoms with Gasteiger partial charge in [-0.05, 0) is 44.7 Å². The van der Waals surface area contributed by atoms with Gasteiger partial charge in [0.05, 0.1) is 6.10 Å². The minimum Gasteiger partial charge on any atom is -0.444 e. The van der Waals surface area contributed by atoms with E-state index in [1.54, 1.807) is 0 Å². The van der Waals surface area contributed by atoms with Crippen molar-refractivity contribution in [2.75, 3.05) is 6.54 Å². The summed E-state index contributed by atoms with van der Waals surface area (Å²) >= 11 is 0. The Balaban J connectivity index is 2.41. The molecule has 4 N–H and O–H groups in total. The van der Waals surface area contributed by atoms with Crippen LogP contribution in [-0.4, -0.2) is 29.4 Å². The lowest BCUT2D eigenvalue weighted by Gasteiger charge is -2.22. The minimum absolute atomic E-state index is 0.362. The molecule has 2 unspecified atom stereocenters. The van der Waals surface area contributed by atoms with Crippen LogP contribution in [0.5, 0.6) is 0 Å². The summed E-state index contributed by atoms with van der Waals surface area (Å²) < 4.78 is 5.15. The zero-order valence-electron chi connectivity index (χ0n) is 14.6. The van der Waals surface area contributed by atoms with E-state index in [1.165, 1.54) is 5.56 Å². The monoisotopic (exact) mass is 322 g/mol. The van der Waals surface area contributed by atoms with E-state index in [0.717, 1.165) is 18.4 Å². The summed E-state index contributed by atoms with van der Waals surface area (Å²) in [6, 6.07) is 7.43. The number of aliphatic hydroxyl groups is 1. The number of ether oxygens (including phenoxy) is 1. The van der Waals surface area contributed by atoms with E-state index >= 15 is 0 Å². The first-order chi connectivity index (χ1) is 10.7. The second-order valence-electron chi connectivity index (χ2n) is 6.82. The Morgan fingerprint density at radius 3 is 2.43 bits per heavy atom. The SMILES string of the molecule is CCCc1ccc(C(O)C(N)CCNC(=O)OC(C)(C)C)cc1. The quantitative estimate of drug-likeness (QED) is 0.720. The smallest absolute Gasteiger partial charge is 0.407 e. The molecule has 0 bridgehead atoms. The van der Waals surface area contributed by atoms with E-state index in [0.29, 0.717) is 13.0 Å². The van der Waals surface area contributed by atoms with Crippen molar-refractivity contribution >= 4 is 6.09 Å². The van der Waals surface area contributed by atoms with Crippen LogP contribution >= 0.6 is 0 Å². The average molecular weight is 322 g/mol. The lowest BCUT2D eigenvalue weighted by atomic mass is 9.98. The Bertz CT molecular complexity index is 480. The summed E-state index contributed by atoms with van der Waals surface area (Å²) in [5.41, 5.74) is 7.55. The van der Waals surface area contributed by atoms with E-state index in [4.69, 9.17) is 10.5 Å². The number of benzene rings is 1. The maximum absolute atomic E-state index is 11.5. The van der Waals surface area contributed by atoms with Gasteiger partial charge in [0.15, 0.2) is 0 Å². The van der Waals surface area contributed by atoms with Crippen LogP contribution in [-0.2, 0) is 11.2 Å². The summed E-state index contributed by atoms with van der Waals surface area (Å²) in [7, 11) is 0. The molecule has 130 valence electrons. The molecule has 0 aliphatic carbocycles. The van der Waals surface area contributed by atoms with Crippen molar-refractivity contribution in [2.45, 2.75) is 64.7 Å². The number of hydrogen-bond donors (Lipinski definition) is 3. The third-order valence-electron chi connectivity index (χ3n) is 3.41. The van der Waals surface area contributed by atoms with Crippen LogP contribution in [0.1, 0.15) is 57.8 Å². The van der Waals surface area contributed by atoms with Crippen LogP contribution in [0.15, 0.2) is 24.3 Å². The van der Waals surface area contributed by atoms with Gasteiger partial charge in [0.25, 0.3) is 0 Å². The Hall–Kier alpha value is -1.59. The van der Waals surface area contributed by atoms with E-state index < -0.39 is 23.8 Å². The number of nitrogens with two attached hydrogens (primary N) is 1. The number of aryl methyl sites for hydroxylation is 1. The summed E-state index contributed by atoms with van der Waals surface area (Å²) in [6.07, 6.45) is 1.38. The Kier molecular flexibility index (Phi) is 7.52. The molecule has 2 atom stereocenters. The minimum atomic E-state index is -0.744. The van der Waals surface area contributed by atoms with Crippen molar-refractivity contribution in [1.29, 1.82) is 0 Å². The third-order valence-corrected chi connectivity index (χ3v) is 3.41. The second kappa shape index (κ2) is 8.89. The van der Waals surface area contributed by atoms with Crippen molar-refractivity contribution < 1.29 is 14.6 Å². The van der Waals surface area contributed by atoms with Gasteiger partial charge in [-0.25, -0.2) is 4.79 Å². The van der Waals surface area contributed by atoms with E-state index in [1.807, 2.05) is 45.0 Å². The molecular weight excluding hydrogens is 292 g/mol. The Morgan fingerprint density at radius 2 is 1.91 bits per heavy atom. The summed E-state index contributed by atoms with van der Waals surface area (Å²) in [5, 5.41) is 12.9. The van der Waals surface area contributed by atoms with Gasteiger partial charge in [0.1, 0.15) is 5.60 Å². The summed E-state index contributed by atoms with van der Waals surface area (Å²) in [6.45, 7) is 7.93. The number of nitrogens with one attached hydrogen (secondary N) is 1. The second-order valence-corrected chi connectivity index (χ2v) is 6.82. The molecule has 0 saturated heterocycles. The number of alkyl carbamates (subject to hydrolysis) is 1. The van der Waals surface area contributed by atoms with Crippen molar-refractivity contribution in [3.05, 3.63) is 35.4 Å². The van der Waals surface area contributed by atoms with Crippen LogP contribution in [0.4, 0.5) is 4.79 Å². The molecule has 1 amide bonds. The fraction of sp³-hybridized carbons (Fsp3) is 0.611. The molecule has 5 nitrogen and oxygen atoms in total. The standard InChI is InChI=1S/C18H30N2O3/c1-5-6-13-7-9-14(10-8-13)16(21)15(19)11-12-20-17(22)23-18(2,3)4/h7-10,15-16,21H,5-6,11-12,19H2,1-4H3,(H,20,22). The zero-order valence-corrected chi connectivity index (χ0v) is 14.6. The highest BCUT2D eigenvalue weighted by atomic mass is 16.6. The van der Waals surface area contributed by atoms with Gasteiger partial charge in [-0.3, -0.25) is 0 Å². The molecule has 1 aromatic carbocycles. The normalized spacial score (nSPS) is 14.2. The maximum atomic E-state index is 11.5. The molecule has 23 heavy (non-hydrogen) atoms. The van der Waals surface area contributed by atoms with Crippen molar-refractivity contribution in [3.63, 3.8) is 0 Å². The predicted molar refractivity (Wildman–Crippen MR) is 92.2 cm³/mol. The van der Waals surface area contributed by atoms with Crippen LogP contribution in [0, 0.1) is 0 Å². The average Bonchev–Trinajstić information content (AvgIpc) is 2.45. The summed E-state index contributed by atoms with van der Waals surface area (Å²) in [5.74, 6) is 0. The van der Waals surface area contributed by atoms with Crippen molar-refractivity contribution in [2.24, 2.45) is 5.73 Å². The number of aliphatic hydroxyl groups excluding tert-OH is 1. The lowest BCUT2D eigenvalue weighted by Crippen LogP contribution is -2.37. The molecule has 5 heteroatoms. The number of carbonyl (C=O) groups is 1. The largest absolute Gasteiger partial charge is 0.444 e. The van der Waals surface area contributed by atoms with Crippen LogP contribution in [0.25, 0.3) is 0 Å². The fourth-order valence-electron chi connectivity index (χ4n) is 2.23. The highest BCUT2D eigenvalue weighted by molar-refractivity contribution is 5.67. The van der Waals surface area contributed by atoms with Gasteiger partial charge in [0.2, 0.25) is 0 Å². The third kappa shape index (κ3) is 7.48. The number of amides is 1. The molecule has 0 fully saturated rings. The topological polar surface area (TPSA) is 84.6 Å². The lowest BCUT2D eigenvalue weighted by molar-refractivity contribution is 0.0521. The highest BCUT2D eigenvalue weighted by Crippen LogP contribution is 2.18. The van der Waals surface area contributed by atoms with Crippen molar-refractivity contribution in [1.82, 2.24) is 5.32 Å². The number of carbonyl (C=O) groups excluding carboxylic acids is 1. The van der Waals surface area contributed by atoms with Gasteiger partial charge in [-0.15, -0.1) is 0 Å². The molecule has 0 spiro atoms. The van der Waals surface area contributed by atoms with Gasteiger partial charge >= 0.3 is 6.09 Å². The fourth-order valence-corrected chi connectivity index (χ4v) is 2.23. The van der Waals surface area contributed by atoms with Crippen LogP contribution in [0.2, 0.25) is 0 Å². The van der Waals surface area contributed by atoms with Gasteiger partial charge < -0.3 is 20.9 Å². The highest BCUT2D eigenvalue weighted by Gasteiger charge is 2.19. The number of rotatable bonds is 7. The van der Waals surface area contributed by atoms with Gasteiger partial charge in [-0.1, -0.05) is 37.6 Å². The zero-order chi connectivity index (χ0) is 17.5. The van der Waals surface area contributed by atoms with Crippen LogP contribution in [0.3, 0.4) is 0 Å². The van der Waals surface area contributed by atoms with E-state index in [-0.39, 0.29) is 0 Å². The Morgan fingerprint density at radius 1 is 1.30 bits per heavy atom. The van der Waals surface area contributed by atoms with E-state index in [9.17, 15) is 9.90 Å². The first-order valence-corrected chi connectivity index (χ1v) is 8.22. The molecule has 1 rings (SSSR count). The van der Waals surface area contributed by atoms with Crippen LogP contribution < -0.4 is 11.1 Å². The molecule has 0 radical (unpaired) electrons. The maximum Gasteiger partial charge on any atom is 0.407 e. The first-order valence-electron chi connectivity index (χ1n) is 8.22. The molecule has 0 aliphatic heterocycles. The summed E-state index contributed by atoms with van der Waals surface area (Å²) in [4.78, 5) is 11.5. The number of hydrogen-bond acceptors (Lipinski definition) is 4. The van der Waals surface area contributed by atoms with Gasteiger partial charge in [-0.2, -0.15) is 0 Å². The molecule has 0 saturated carbocycles.